The van der Waals surface area contributed by atoms with Gasteiger partial charge in [-0.1, -0.05) is 26.2 Å². The van der Waals surface area contributed by atoms with Crippen LogP contribution < -0.4 is 11.1 Å². The Labute approximate surface area is 120 Å². The zero-order valence-electron chi connectivity index (χ0n) is 12.3. The van der Waals surface area contributed by atoms with Gasteiger partial charge in [-0.05, 0) is 20.3 Å². The average molecular weight is 282 g/mol. The van der Waals surface area contributed by atoms with Gasteiger partial charge in [-0.2, -0.15) is 0 Å². The number of nitrogens with two attached hydrogens (primary N) is 1. The quantitative estimate of drug-likeness (QED) is 0.438. The van der Waals surface area contributed by atoms with E-state index in [2.05, 4.69) is 36.1 Å². The van der Waals surface area contributed by atoms with Crippen molar-refractivity contribution >= 4 is 17.3 Å². The molecule has 0 amide bonds. The van der Waals surface area contributed by atoms with Crippen molar-refractivity contribution < 1.29 is 0 Å². The van der Waals surface area contributed by atoms with E-state index in [0.717, 1.165) is 31.6 Å². The average Bonchev–Trinajstić information content (AvgIpc) is 2.68. The van der Waals surface area contributed by atoms with Crippen LogP contribution in [0.5, 0.6) is 0 Å². The first-order chi connectivity index (χ1) is 9.13. The first-order valence-corrected chi connectivity index (χ1v) is 7.91. The minimum atomic E-state index is 0.557. The number of aromatic nitrogens is 1. The number of nitrogens with zero attached hydrogens (tertiary/aromatic N) is 2. The minimum absolute atomic E-state index is 0.557. The Morgan fingerprint density at radius 3 is 2.74 bits per heavy atom. The third kappa shape index (κ3) is 6.57. The predicted molar refractivity (Wildman–Crippen MR) is 83.9 cm³/mol. The Hall–Kier alpha value is -1.10. The molecule has 1 aromatic heterocycles. The number of aryl methyl sites for hydroxylation is 2. The Balaban J connectivity index is 2.15. The second-order valence-electron chi connectivity index (χ2n) is 4.75. The normalized spacial score (nSPS) is 11.8. The lowest BCUT2D eigenvalue weighted by atomic mass is 10.2. The molecule has 0 unspecified atom stereocenters. The third-order valence-electron chi connectivity index (χ3n) is 3.01. The van der Waals surface area contributed by atoms with Gasteiger partial charge in [-0.3, -0.25) is 4.99 Å². The van der Waals surface area contributed by atoms with Crippen LogP contribution in [0.3, 0.4) is 0 Å². The number of rotatable bonds is 8. The van der Waals surface area contributed by atoms with E-state index in [0.29, 0.717) is 5.96 Å². The van der Waals surface area contributed by atoms with Gasteiger partial charge in [0.05, 0.1) is 10.7 Å². The molecule has 4 nitrogen and oxygen atoms in total. The van der Waals surface area contributed by atoms with Crippen LogP contribution in [-0.4, -0.2) is 24.0 Å². The fourth-order valence-corrected chi connectivity index (χ4v) is 2.67. The van der Waals surface area contributed by atoms with Crippen molar-refractivity contribution in [3.8, 4) is 0 Å². The van der Waals surface area contributed by atoms with Crippen LogP contribution >= 0.6 is 11.3 Å². The maximum Gasteiger partial charge on any atom is 0.188 e. The SMILES string of the molecule is CCCCCCN=C(N)NCCc1nc(C)c(C)s1. The summed E-state index contributed by atoms with van der Waals surface area (Å²) in [6.45, 7) is 8.00. The lowest BCUT2D eigenvalue weighted by Crippen LogP contribution is -2.33. The Kier molecular flexibility index (Phi) is 7.48. The van der Waals surface area contributed by atoms with Crippen LogP contribution in [0.25, 0.3) is 0 Å². The highest BCUT2D eigenvalue weighted by molar-refractivity contribution is 7.11. The highest BCUT2D eigenvalue weighted by Gasteiger charge is 2.03. The number of nitrogens with one attached hydrogen (secondary N) is 1. The fraction of sp³-hybridized carbons (Fsp3) is 0.714. The van der Waals surface area contributed by atoms with Gasteiger partial charge in [0.2, 0.25) is 0 Å². The summed E-state index contributed by atoms with van der Waals surface area (Å²) in [5.41, 5.74) is 6.95. The number of guanidine groups is 1. The largest absolute Gasteiger partial charge is 0.370 e. The number of aliphatic imine (C=N–C) groups is 1. The molecular formula is C14H26N4S. The second kappa shape index (κ2) is 8.91. The van der Waals surface area contributed by atoms with Gasteiger partial charge in [0.25, 0.3) is 0 Å². The van der Waals surface area contributed by atoms with Crippen LogP contribution in [0.1, 0.15) is 48.2 Å². The van der Waals surface area contributed by atoms with Crippen LogP contribution in [0.2, 0.25) is 0 Å². The molecule has 0 aliphatic heterocycles. The summed E-state index contributed by atoms with van der Waals surface area (Å²) >= 11 is 1.76. The minimum Gasteiger partial charge on any atom is -0.370 e. The van der Waals surface area contributed by atoms with Crippen molar-refractivity contribution in [3.05, 3.63) is 15.6 Å². The van der Waals surface area contributed by atoms with E-state index < -0.39 is 0 Å². The van der Waals surface area contributed by atoms with E-state index >= 15 is 0 Å². The molecule has 0 saturated heterocycles. The van der Waals surface area contributed by atoms with Gasteiger partial charge >= 0.3 is 0 Å². The van der Waals surface area contributed by atoms with Gasteiger partial charge < -0.3 is 11.1 Å². The van der Waals surface area contributed by atoms with E-state index in [1.54, 1.807) is 11.3 Å². The molecule has 0 aliphatic carbocycles. The molecule has 1 aromatic rings. The molecule has 0 saturated carbocycles. The summed E-state index contributed by atoms with van der Waals surface area (Å²) in [6, 6.07) is 0. The summed E-state index contributed by atoms with van der Waals surface area (Å²) in [7, 11) is 0. The zero-order valence-corrected chi connectivity index (χ0v) is 13.1. The summed E-state index contributed by atoms with van der Waals surface area (Å²) in [6.07, 6.45) is 5.81. The maximum absolute atomic E-state index is 5.81. The van der Waals surface area contributed by atoms with Gasteiger partial charge in [0.15, 0.2) is 5.96 Å². The molecule has 0 bridgehead atoms. The van der Waals surface area contributed by atoms with E-state index in [-0.39, 0.29) is 0 Å². The summed E-state index contributed by atoms with van der Waals surface area (Å²) in [5.74, 6) is 0.557. The second-order valence-corrected chi connectivity index (χ2v) is 6.04. The molecule has 0 aromatic carbocycles. The number of thiazole rings is 1. The Bertz CT molecular complexity index is 379. The van der Waals surface area contributed by atoms with E-state index in [9.17, 15) is 0 Å². The Morgan fingerprint density at radius 1 is 1.32 bits per heavy atom. The van der Waals surface area contributed by atoms with E-state index in [1.165, 1.54) is 29.1 Å². The number of hydrogen-bond donors (Lipinski definition) is 2. The van der Waals surface area contributed by atoms with Crippen molar-refractivity contribution in [1.29, 1.82) is 0 Å². The maximum atomic E-state index is 5.81. The van der Waals surface area contributed by atoms with Gasteiger partial charge in [0.1, 0.15) is 0 Å². The smallest absolute Gasteiger partial charge is 0.188 e. The van der Waals surface area contributed by atoms with Crippen LogP contribution in [0.4, 0.5) is 0 Å². The Morgan fingerprint density at radius 2 is 2.11 bits per heavy atom. The molecule has 108 valence electrons. The zero-order chi connectivity index (χ0) is 14.1. The number of unbranched alkanes of at least 4 members (excludes halogenated alkanes) is 3. The van der Waals surface area contributed by atoms with Crippen molar-refractivity contribution in [3.63, 3.8) is 0 Å². The van der Waals surface area contributed by atoms with E-state index in [4.69, 9.17) is 5.73 Å². The molecule has 0 atom stereocenters. The molecule has 0 fully saturated rings. The topological polar surface area (TPSA) is 63.3 Å². The predicted octanol–water partition coefficient (Wildman–Crippen LogP) is 2.79. The van der Waals surface area contributed by atoms with Gasteiger partial charge in [0, 0.05) is 24.4 Å². The van der Waals surface area contributed by atoms with Crippen LogP contribution in [0, 0.1) is 13.8 Å². The first-order valence-electron chi connectivity index (χ1n) is 7.10. The molecule has 0 aliphatic rings. The highest BCUT2D eigenvalue weighted by atomic mass is 32.1. The molecule has 1 heterocycles. The van der Waals surface area contributed by atoms with Crippen molar-refractivity contribution in [2.24, 2.45) is 10.7 Å². The van der Waals surface area contributed by atoms with Crippen molar-refractivity contribution in [2.45, 2.75) is 52.9 Å². The molecule has 5 heteroatoms. The standard InChI is InChI=1S/C14H26N4S/c1-4-5-6-7-9-16-14(15)17-10-8-13-18-11(2)12(3)19-13/h4-10H2,1-3H3,(H3,15,16,17). The van der Waals surface area contributed by atoms with Gasteiger partial charge in [-0.15, -0.1) is 11.3 Å². The molecule has 0 radical (unpaired) electrons. The summed E-state index contributed by atoms with van der Waals surface area (Å²) in [5, 5.41) is 4.31. The summed E-state index contributed by atoms with van der Waals surface area (Å²) < 4.78 is 0. The fourth-order valence-electron chi connectivity index (χ4n) is 1.74. The molecule has 0 spiro atoms. The molecule has 19 heavy (non-hydrogen) atoms. The van der Waals surface area contributed by atoms with Crippen molar-refractivity contribution in [1.82, 2.24) is 10.3 Å². The monoisotopic (exact) mass is 282 g/mol. The first kappa shape index (κ1) is 16.0. The third-order valence-corrected chi connectivity index (χ3v) is 4.14. The van der Waals surface area contributed by atoms with Crippen LogP contribution in [0.15, 0.2) is 4.99 Å². The molecule has 3 N–H and O–H groups in total. The van der Waals surface area contributed by atoms with Crippen molar-refractivity contribution in [2.75, 3.05) is 13.1 Å². The van der Waals surface area contributed by atoms with E-state index in [1.807, 2.05) is 0 Å². The lowest BCUT2D eigenvalue weighted by molar-refractivity contribution is 0.673. The lowest BCUT2D eigenvalue weighted by Gasteiger charge is -2.04. The van der Waals surface area contributed by atoms with Gasteiger partial charge in [-0.25, -0.2) is 4.98 Å². The summed E-state index contributed by atoms with van der Waals surface area (Å²) in [4.78, 5) is 10.1. The highest BCUT2D eigenvalue weighted by Crippen LogP contribution is 2.16. The van der Waals surface area contributed by atoms with Crippen LogP contribution in [-0.2, 0) is 6.42 Å². The molecular weight excluding hydrogens is 256 g/mol. The number of hydrogen-bond acceptors (Lipinski definition) is 3. The molecule has 1 rings (SSSR count).